The van der Waals surface area contributed by atoms with Crippen molar-refractivity contribution in [1.82, 2.24) is 19.7 Å². The Hall–Kier alpha value is -1.95. The average Bonchev–Trinajstić information content (AvgIpc) is 2.93. The first-order chi connectivity index (χ1) is 10.6. The maximum absolute atomic E-state index is 5.84. The summed E-state index contributed by atoms with van der Waals surface area (Å²) < 4.78 is 7.78. The lowest BCUT2D eigenvalue weighted by Crippen LogP contribution is -2.43. The van der Waals surface area contributed by atoms with Gasteiger partial charge in [-0.3, -0.25) is 0 Å². The highest BCUT2D eigenvalue weighted by Gasteiger charge is 2.22. The number of hydrogen-bond acceptors (Lipinski definition) is 5. The topological polar surface area (TPSA) is 56.1 Å². The fourth-order valence-corrected chi connectivity index (χ4v) is 2.82. The van der Waals surface area contributed by atoms with Gasteiger partial charge in [0.2, 0.25) is 0 Å². The van der Waals surface area contributed by atoms with E-state index in [9.17, 15) is 0 Å². The van der Waals surface area contributed by atoms with E-state index in [0.717, 1.165) is 43.5 Å². The number of aromatic nitrogens is 4. The molecule has 1 aliphatic rings. The molecule has 0 spiro atoms. The quantitative estimate of drug-likeness (QED) is 0.866. The van der Waals surface area contributed by atoms with Crippen molar-refractivity contribution in [2.75, 3.05) is 24.6 Å². The van der Waals surface area contributed by atoms with Gasteiger partial charge in [0.1, 0.15) is 5.69 Å². The summed E-state index contributed by atoms with van der Waals surface area (Å²) >= 11 is 0. The molecule has 1 unspecified atom stereocenters. The summed E-state index contributed by atoms with van der Waals surface area (Å²) in [5.74, 6) is 2.38. The maximum Gasteiger partial charge on any atom is 0.160 e. The molecule has 22 heavy (non-hydrogen) atoms. The average molecular weight is 301 g/mol. The molecule has 0 amide bonds. The van der Waals surface area contributed by atoms with Crippen LogP contribution in [-0.2, 0) is 11.8 Å². The number of anilines is 1. The van der Waals surface area contributed by atoms with Crippen LogP contribution in [0.1, 0.15) is 20.3 Å². The Kier molecular flexibility index (Phi) is 4.38. The molecule has 6 nitrogen and oxygen atoms in total. The van der Waals surface area contributed by atoms with Crippen LogP contribution in [0.15, 0.2) is 24.5 Å². The number of morpholine rings is 1. The van der Waals surface area contributed by atoms with Gasteiger partial charge in [0.25, 0.3) is 0 Å². The number of hydrogen-bond donors (Lipinski definition) is 0. The zero-order valence-corrected chi connectivity index (χ0v) is 13.4. The minimum Gasteiger partial charge on any atom is -0.375 e. The molecule has 118 valence electrons. The van der Waals surface area contributed by atoms with Gasteiger partial charge in [-0.25, -0.2) is 4.98 Å². The van der Waals surface area contributed by atoms with Crippen molar-refractivity contribution < 1.29 is 4.74 Å². The lowest BCUT2D eigenvalue weighted by atomic mass is 10.0. The van der Waals surface area contributed by atoms with E-state index in [1.54, 1.807) is 6.20 Å². The fourth-order valence-electron chi connectivity index (χ4n) is 2.82. The normalized spacial score (nSPS) is 18.9. The Morgan fingerprint density at radius 3 is 2.82 bits per heavy atom. The van der Waals surface area contributed by atoms with Crippen LogP contribution in [0.25, 0.3) is 11.5 Å². The van der Waals surface area contributed by atoms with Gasteiger partial charge < -0.3 is 14.2 Å². The predicted molar refractivity (Wildman–Crippen MR) is 85.6 cm³/mol. The monoisotopic (exact) mass is 301 g/mol. The number of rotatable bonds is 4. The molecule has 3 heterocycles. The number of ether oxygens (including phenoxy) is 1. The second-order valence-corrected chi connectivity index (χ2v) is 6.21. The van der Waals surface area contributed by atoms with E-state index >= 15 is 0 Å². The molecule has 2 aromatic rings. The third-order valence-electron chi connectivity index (χ3n) is 3.90. The SMILES string of the molecule is CC(C)CC1CN(c2ccc(-c3nccn3C)nn2)CCO1. The summed E-state index contributed by atoms with van der Waals surface area (Å²) in [5.41, 5.74) is 0.795. The predicted octanol–water partition coefficient (Wildman–Crippen LogP) is 2.13. The summed E-state index contributed by atoms with van der Waals surface area (Å²) in [6.07, 6.45) is 5.03. The van der Waals surface area contributed by atoms with E-state index < -0.39 is 0 Å². The summed E-state index contributed by atoms with van der Waals surface area (Å²) in [4.78, 5) is 6.56. The highest BCUT2D eigenvalue weighted by Crippen LogP contribution is 2.20. The van der Waals surface area contributed by atoms with E-state index in [-0.39, 0.29) is 6.10 Å². The first kappa shape index (κ1) is 15.0. The third kappa shape index (κ3) is 3.27. The highest BCUT2D eigenvalue weighted by atomic mass is 16.5. The van der Waals surface area contributed by atoms with Crippen LogP contribution in [0.2, 0.25) is 0 Å². The zero-order chi connectivity index (χ0) is 15.5. The minimum atomic E-state index is 0.282. The maximum atomic E-state index is 5.84. The molecule has 1 fully saturated rings. The lowest BCUT2D eigenvalue weighted by Gasteiger charge is -2.34. The molecule has 1 aliphatic heterocycles. The van der Waals surface area contributed by atoms with Crippen LogP contribution in [-0.4, -0.2) is 45.5 Å². The Labute approximate surface area is 131 Å². The molecule has 1 atom stereocenters. The Morgan fingerprint density at radius 2 is 2.18 bits per heavy atom. The summed E-state index contributed by atoms with van der Waals surface area (Å²) in [6, 6.07) is 4.01. The van der Waals surface area contributed by atoms with Gasteiger partial charge in [0.15, 0.2) is 11.6 Å². The van der Waals surface area contributed by atoms with Gasteiger partial charge >= 0.3 is 0 Å². The smallest absolute Gasteiger partial charge is 0.160 e. The first-order valence-corrected chi connectivity index (χ1v) is 7.81. The second-order valence-electron chi connectivity index (χ2n) is 6.21. The van der Waals surface area contributed by atoms with E-state index in [4.69, 9.17) is 4.74 Å². The van der Waals surface area contributed by atoms with Crippen LogP contribution in [0, 0.1) is 5.92 Å². The van der Waals surface area contributed by atoms with Gasteiger partial charge in [0, 0.05) is 32.5 Å². The molecular weight excluding hydrogens is 278 g/mol. The molecule has 0 radical (unpaired) electrons. The van der Waals surface area contributed by atoms with Gasteiger partial charge in [-0.05, 0) is 24.5 Å². The molecule has 2 aromatic heterocycles. The van der Waals surface area contributed by atoms with E-state index in [2.05, 4.69) is 33.9 Å². The van der Waals surface area contributed by atoms with Gasteiger partial charge in [-0.2, -0.15) is 0 Å². The molecule has 6 heteroatoms. The second kappa shape index (κ2) is 6.44. The summed E-state index contributed by atoms with van der Waals surface area (Å²) in [7, 11) is 1.95. The standard InChI is InChI=1S/C16H23N5O/c1-12(2)10-13-11-21(8-9-22-13)15-5-4-14(18-19-15)16-17-6-7-20(16)3/h4-7,12-13H,8-11H2,1-3H3. The third-order valence-corrected chi connectivity index (χ3v) is 3.90. The van der Waals surface area contributed by atoms with Crippen molar-refractivity contribution in [2.45, 2.75) is 26.4 Å². The number of nitrogens with zero attached hydrogens (tertiary/aromatic N) is 5. The van der Waals surface area contributed by atoms with Crippen LogP contribution < -0.4 is 4.90 Å². The van der Waals surface area contributed by atoms with Gasteiger partial charge in [-0.15, -0.1) is 10.2 Å². The first-order valence-electron chi connectivity index (χ1n) is 7.81. The van der Waals surface area contributed by atoms with Crippen LogP contribution in [0.4, 0.5) is 5.82 Å². The van der Waals surface area contributed by atoms with Crippen molar-refractivity contribution in [1.29, 1.82) is 0 Å². The lowest BCUT2D eigenvalue weighted by molar-refractivity contribution is 0.0273. The molecule has 3 rings (SSSR count). The molecule has 0 aliphatic carbocycles. The van der Waals surface area contributed by atoms with Crippen LogP contribution >= 0.6 is 0 Å². The fraction of sp³-hybridized carbons (Fsp3) is 0.562. The van der Waals surface area contributed by atoms with Crippen molar-refractivity contribution >= 4 is 5.82 Å². The summed E-state index contributed by atoms with van der Waals surface area (Å²) in [6.45, 7) is 6.95. The summed E-state index contributed by atoms with van der Waals surface area (Å²) in [5, 5.41) is 8.71. The molecular formula is C16H23N5O. The van der Waals surface area contributed by atoms with Crippen molar-refractivity contribution in [3.8, 4) is 11.5 Å². The largest absolute Gasteiger partial charge is 0.375 e. The van der Waals surface area contributed by atoms with Crippen LogP contribution in [0.3, 0.4) is 0 Å². The minimum absolute atomic E-state index is 0.282. The Balaban J connectivity index is 1.71. The highest BCUT2D eigenvalue weighted by molar-refractivity contribution is 5.51. The van der Waals surface area contributed by atoms with Gasteiger partial charge in [0.05, 0.1) is 12.7 Å². The van der Waals surface area contributed by atoms with E-state index in [1.807, 2.05) is 29.9 Å². The van der Waals surface area contributed by atoms with E-state index in [1.165, 1.54) is 0 Å². The molecule has 0 N–H and O–H groups in total. The van der Waals surface area contributed by atoms with Crippen molar-refractivity contribution in [2.24, 2.45) is 13.0 Å². The zero-order valence-electron chi connectivity index (χ0n) is 13.4. The molecule has 0 bridgehead atoms. The Morgan fingerprint density at radius 1 is 1.32 bits per heavy atom. The van der Waals surface area contributed by atoms with Crippen molar-refractivity contribution in [3.05, 3.63) is 24.5 Å². The van der Waals surface area contributed by atoms with Gasteiger partial charge in [-0.1, -0.05) is 13.8 Å². The molecule has 0 aromatic carbocycles. The number of aryl methyl sites for hydroxylation is 1. The molecule has 1 saturated heterocycles. The van der Waals surface area contributed by atoms with E-state index in [0.29, 0.717) is 5.92 Å². The molecule has 0 saturated carbocycles. The Bertz CT molecular complexity index is 607. The van der Waals surface area contributed by atoms with Crippen LogP contribution in [0.5, 0.6) is 0 Å². The van der Waals surface area contributed by atoms with Crippen molar-refractivity contribution in [3.63, 3.8) is 0 Å². The number of imidazole rings is 1.